The number of hydrogen-bond acceptors (Lipinski definition) is 5. The van der Waals surface area contributed by atoms with Crippen LogP contribution in [0.3, 0.4) is 0 Å². The molecule has 0 spiro atoms. The van der Waals surface area contributed by atoms with Crippen LogP contribution in [0.25, 0.3) is 0 Å². The number of rotatable bonds is 3. The van der Waals surface area contributed by atoms with Crippen molar-refractivity contribution in [2.24, 2.45) is 5.84 Å². The van der Waals surface area contributed by atoms with E-state index in [1.165, 1.54) is 36.4 Å². The molecule has 0 aliphatic rings. The Morgan fingerprint density at radius 3 is 2.14 bits per heavy atom. The van der Waals surface area contributed by atoms with Crippen LogP contribution in [-0.2, 0) is 0 Å². The minimum absolute atomic E-state index is 0.215. The smallest absolute Gasteiger partial charge is 0.267 e. The maximum absolute atomic E-state index is 12.2. The molecule has 0 aromatic heterocycles. The van der Waals surface area contributed by atoms with Gasteiger partial charge < -0.3 is 0 Å². The molecule has 0 saturated heterocycles. The number of nitro groups is 1. The maximum atomic E-state index is 12.2. The van der Waals surface area contributed by atoms with Crippen LogP contribution in [0.15, 0.2) is 54.6 Å². The van der Waals surface area contributed by atoms with Gasteiger partial charge in [0.1, 0.15) is 5.56 Å². The van der Waals surface area contributed by atoms with E-state index in [2.05, 4.69) is 0 Å². The zero-order valence-corrected chi connectivity index (χ0v) is 10.8. The second-order valence-electron chi connectivity index (χ2n) is 4.12. The number of hydrazine groups is 1. The van der Waals surface area contributed by atoms with Gasteiger partial charge in [-0.2, -0.15) is 0 Å². The number of nitrogens with two attached hydrogens (primary N) is 1. The molecule has 2 amide bonds. The Kier molecular flexibility index (Phi) is 4.05. The first-order valence-electron chi connectivity index (χ1n) is 5.94. The lowest BCUT2D eigenvalue weighted by Gasteiger charge is -2.14. The summed E-state index contributed by atoms with van der Waals surface area (Å²) in [6, 6.07) is 13.3. The molecule has 7 heteroatoms. The van der Waals surface area contributed by atoms with Crippen molar-refractivity contribution in [2.75, 3.05) is 0 Å². The fraction of sp³-hybridized carbons (Fsp3) is 0. The SMILES string of the molecule is NN(C(=O)c1ccccc1)C(=O)c1ccccc1[N+](=O)[O-]. The summed E-state index contributed by atoms with van der Waals surface area (Å²) in [5.41, 5.74) is -0.431. The Labute approximate surface area is 119 Å². The van der Waals surface area contributed by atoms with Crippen LogP contribution in [0.5, 0.6) is 0 Å². The van der Waals surface area contributed by atoms with Crippen molar-refractivity contribution in [3.63, 3.8) is 0 Å². The minimum Gasteiger partial charge on any atom is -0.267 e. The highest BCUT2D eigenvalue weighted by Gasteiger charge is 2.26. The highest BCUT2D eigenvalue weighted by molar-refractivity contribution is 6.11. The van der Waals surface area contributed by atoms with Crippen molar-refractivity contribution < 1.29 is 14.5 Å². The van der Waals surface area contributed by atoms with Gasteiger partial charge in [-0.15, -0.1) is 0 Å². The summed E-state index contributed by atoms with van der Waals surface area (Å²) in [7, 11) is 0. The predicted molar refractivity (Wildman–Crippen MR) is 74.2 cm³/mol. The zero-order chi connectivity index (χ0) is 15.4. The number of amides is 2. The van der Waals surface area contributed by atoms with E-state index in [4.69, 9.17) is 5.84 Å². The Balaban J connectivity index is 2.32. The Hall–Kier alpha value is -3.06. The summed E-state index contributed by atoms with van der Waals surface area (Å²) >= 11 is 0. The predicted octanol–water partition coefficient (Wildman–Crippen LogP) is 1.75. The van der Waals surface area contributed by atoms with Crippen LogP contribution >= 0.6 is 0 Å². The molecule has 0 saturated carbocycles. The molecule has 0 aliphatic carbocycles. The second-order valence-corrected chi connectivity index (χ2v) is 4.12. The fourth-order valence-corrected chi connectivity index (χ4v) is 1.76. The zero-order valence-electron chi connectivity index (χ0n) is 10.8. The number of nitro benzene ring substituents is 1. The van der Waals surface area contributed by atoms with Crippen LogP contribution < -0.4 is 5.84 Å². The summed E-state index contributed by atoms with van der Waals surface area (Å²) in [5, 5.41) is 11.3. The number of nitrogens with zero attached hydrogens (tertiary/aromatic N) is 2. The van der Waals surface area contributed by atoms with Gasteiger partial charge in [0.05, 0.1) is 4.92 Å². The molecule has 2 rings (SSSR count). The number of carbonyl (C=O) groups is 2. The molecular weight excluding hydrogens is 274 g/mol. The molecule has 2 N–H and O–H groups in total. The third-order valence-electron chi connectivity index (χ3n) is 2.79. The van der Waals surface area contributed by atoms with Crippen molar-refractivity contribution in [3.8, 4) is 0 Å². The maximum Gasteiger partial charge on any atom is 0.282 e. The molecular formula is C14H11N3O4. The molecule has 0 heterocycles. The first-order chi connectivity index (χ1) is 10.0. The summed E-state index contributed by atoms with van der Waals surface area (Å²) in [6.45, 7) is 0. The topological polar surface area (TPSA) is 107 Å². The molecule has 2 aromatic rings. The van der Waals surface area contributed by atoms with Gasteiger partial charge in [-0.05, 0) is 18.2 Å². The molecule has 0 atom stereocenters. The molecule has 0 bridgehead atoms. The Morgan fingerprint density at radius 1 is 0.952 bits per heavy atom. The summed E-state index contributed by atoms with van der Waals surface area (Å²) < 4.78 is 0. The van der Waals surface area contributed by atoms with Crippen molar-refractivity contribution in [1.82, 2.24) is 5.01 Å². The first-order valence-corrected chi connectivity index (χ1v) is 5.94. The van der Waals surface area contributed by atoms with E-state index >= 15 is 0 Å². The molecule has 0 aliphatic heterocycles. The number of carbonyl (C=O) groups excluding carboxylic acids is 2. The third-order valence-corrected chi connectivity index (χ3v) is 2.79. The molecule has 0 fully saturated rings. The normalized spacial score (nSPS) is 9.95. The van der Waals surface area contributed by atoms with E-state index in [1.807, 2.05) is 0 Å². The lowest BCUT2D eigenvalue weighted by molar-refractivity contribution is -0.385. The van der Waals surface area contributed by atoms with Gasteiger partial charge in [0.15, 0.2) is 0 Å². The average molecular weight is 285 g/mol. The number of imide groups is 1. The van der Waals surface area contributed by atoms with Gasteiger partial charge in [-0.25, -0.2) is 10.9 Å². The monoisotopic (exact) mass is 285 g/mol. The van der Waals surface area contributed by atoms with Gasteiger partial charge in [-0.3, -0.25) is 19.7 Å². The molecule has 106 valence electrons. The van der Waals surface area contributed by atoms with Gasteiger partial charge in [0.2, 0.25) is 0 Å². The lowest BCUT2D eigenvalue weighted by Crippen LogP contribution is -2.42. The summed E-state index contributed by atoms with van der Waals surface area (Å²) in [6.07, 6.45) is 0. The fourth-order valence-electron chi connectivity index (χ4n) is 1.76. The standard InChI is InChI=1S/C14H11N3O4/c15-16(13(18)10-6-2-1-3-7-10)14(19)11-8-4-5-9-12(11)17(20)21/h1-9H,15H2. The van der Waals surface area contributed by atoms with Gasteiger partial charge >= 0.3 is 0 Å². The van der Waals surface area contributed by atoms with Crippen molar-refractivity contribution in [2.45, 2.75) is 0 Å². The van der Waals surface area contributed by atoms with Crippen LogP contribution in [0.4, 0.5) is 5.69 Å². The van der Waals surface area contributed by atoms with Crippen molar-refractivity contribution in [1.29, 1.82) is 0 Å². The number of hydrogen-bond donors (Lipinski definition) is 1. The Morgan fingerprint density at radius 2 is 1.52 bits per heavy atom. The number of benzene rings is 2. The van der Waals surface area contributed by atoms with E-state index in [-0.39, 0.29) is 11.1 Å². The minimum atomic E-state index is -0.934. The highest BCUT2D eigenvalue weighted by Crippen LogP contribution is 2.19. The number of para-hydroxylation sites is 1. The van der Waals surface area contributed by atoms with Crippen LogP contribution in [0, 0.1) is 10.1 Å². The van der Waals surface area contributed by atoms with Crippen LogP contribution in [0.2, 0.25) is 0 Å². The quantitative estimate of drug-likeness (QED) is 0.304. The van der Waals surface area contributed by atoms with Crippen molar-refractivity contribution >= 4 is 17.5 Å². The van der Waals surface area contributed by atoms with Crippen molar-refractivity contribution in [3.05, 3.63) is 75.8 Å². The summed E-state index contributed by atoms with van der Waals surface area (Å²) in [5.74, 6) is 3.83. The molecule has 2 aromatic carbocycles. The average Bonchev–Trinajstić information content (AvgIpc) is 2.53. The Bertz CT molecular complexity index is 700. The van der Waals surface area contributed by atoms with Gasteiger partial charge in [0.25, 0.3) is 17.5 Å². The van der Waals surface area contributed by atoms with Gasteiger partial charge in [0, 0.05) is 11.6 Å². The van der Waals surface area contributed by atoms with E-state index < -0.39 is 22.4 Å². The van der Waals surface area contributed by atoms with E-state index in [0.717, 1.165) is 0 Å². The second kappa shape index (κ2) is 5.93. The highest BCUT2D eigenvalue weighted by atomic mass is 16.6. The van der Waals surface area contributed by atoms with E-state index in [9.17, 15) is 19.7 Å². The van der Waals surface area contributed by atoms with E-state index in [0.29, 0.717) is 5.01 Å². The third kappa shape index (κ3) is 2.93. The largest absolute Gasteiger partial charge is 0.282 e. The molecule has 0 radical (unpaired) electrons. The van der Waals surface area contributed by atoms with Gasteiger partial charge in [-0.1, -0.05) is 30.3 Å². The lowest BCUT2D eigenvalue weighted by atomic mass is 10.1. The summed E-state index contributed by atoms with van der Waals surface area (Å²) in [4.78, 5) is 34.4. The first kappa shape index (κ1) is 14.4. The van der Waals surface area contributed by atoms with E-state index in [1.54, 1.807) is 18.2 Å². The van der Waals surface area contributed by atoms with Crippen LogP contribution in [0.1, 0.15) is 20.7 Å². The van der Waals surface area contributed by atoms with Crippen LogP contribution in [-0.4, -0.2) is 21.7 Å². The molecule has 21 heavy (non-hydrogen) atoms. The molecule has 7 nitrogen and oxygen atoms in total. The molecule has 0 unspecified atom stereocenters.